The highest BCUT2D eigenvalue weighted by Crippen LogP contribution is 2.34. The molecule has 1 fully saturated rings. The molecular weight excluding hydrogens is 382 g/mol. The van der Waals surface area contributed by atoms with Gasteiger partial charge in [-0.15, -0.1) is 0 Å². The number of benzene rings is 2. The molecule has 1 aliphatic rings. The molecule has 2 amide bonds. The van der Waals surface area contributed by atoms with E-state index in [0.717, 1.165) is 24.3 Å². The second-order valence-electron chi connectivity index (χ2n) is 7.58. The number of carbonyl (C=O) groups excluding carboxylic acids is 1. The summed E-state index contributed by atoms with van der Waals surface area (Å²) in [5.74, 6) is 0.708. The van der Waals surface area contributed by atoms with Gasteiger partial charge in [-0.1, -0.05) is 42.5 Å². The molecule has 0 spiro atoms. The van der Waals surface area contributed by atoms with Crippen LogP contribution in [-0.2, 0) is 4.79 Å². The lowest BCUT2D eigenvalue weighted by atomic mass is 10.1. The first-order valence-corrected chi connectivity index (χ1v) is 10.2. The summed E-state index contributed by atoms with van der Waals surface area (Å²) in [6.07, 6.45) is -0.339. The molecule has 2 aromatic carbocycles. The molecular formula is C23H29N3O4. The van der Waals surface area contributed by atoms with Crippen LogP contribution < -0.4 is 9.64 Å². The fourth-order valence-corrected chi connectivity index (χ4v) is 3.48. The normalized spacial score (nSPS) is 16.1. The van der Waals surface area contributed by atoms with E-state index in [0.29, 0.717) is 31.7 Å². The summed E-state index contributed by atoms with van der Waals surface area (Å²) in [5.41, 5.74) is 1.72. The number of likely N-dealkylation sites (N-methyl/N-ethyl adjacent to an activating group) is 1. The Balaban J connectivity index is 1.85. The third-order valence-corrected chi connectivity index (χ3v) is 5.36. The predicted octanol–water partition coefficient (Wildman–Crippen LogP) is 3.48. The highest BCUT2D eigenvalue weighted by Gasteiger charge is 2.24. The zero-order valence-corrected chi connectivity index (χ0v) is 17.5. The summed E-state index contributed by atoms with van der Waals surface area (Å²) < 4.78 is 6.40. The topological polar surface area (TPSA) is 73.3 Å². The van der Waals surface area contributed by atoms with Crippen molar-refractivity contribution in [3.05, 3.63) is 60.2 Å². The summed E-state index contributed by atoms with van der Waals surface area (Å²) in [7, 11) is 3.56. The van der Waals surface area contributed by atoms with Gasteiger partial charge < -0.3 is 24.5 Å². The van der Waals surface area contributed by atoms with Crippen LogP contribution in [0.4, 0.5) is 10.5 Å². The van der Waals surface area contributed by atoms with E-state index < -0.39 is 6.09 Å². The number of para-hydroxylation sites is 2. The van der Waals surface area contributed by atoms with E-state index in [-0.39, 0.29) is 12.0 Å². The zero-order chi connectivity index (χ0) is 21.5. The van der Waals surface area contributed by atoms with E-state index in [1.54, 1.807) is 11.9 Å². The maximum absolute atomic E-state index is 12.7. The van der Waals surface area contributed by atoms with Gasteiger partial charge in [0.15, 0.2) is 0 Å². The molecule has 1 saturated heterocycles. The zero-order valence-electron chi connectivity index (χ0n) is 17.5. The molecule has 0 aliphatic carbocycles. The van der Waals surface area contributed by atoms with Crippen molar-refractivity contribution in [3.63, 3.8) is 0 Å². The van der Waals surface area contributed by atoms with Gasteiger partial charge in [0.1, 0.15) is 11.9 Å². The third-order valence-electron chi connectivity index (χ3n) is 5.36. The Kier molecular flexibility index (Phi) is 7.30. The molecule has 3 rings (SSSR count). The molecule has 0 radical (unpaired) electrons. The maximum Gasteiger partial charge on any atom is 0.407 e. The van der Waals surface area contributed by atoms with Gasteiger partial charge in [0.05, 0.1) is 5.69 Å². The van der Waals surface area contributed by atoms with Crippen LogP contribution in [0.3, 0.4) is 0 Å². The Morgan fingerprint density at radius 1 is 1.10 bits per heavy atom. The minimum Gasteiger partial charge on any atom is -0.483 e. The lowest BCUT2D eigenvalue weighted by Gasteiger charge is -2.27. The summed E-state index contributed by atoms with van der Waals surface area (Å²) in [5, 5.41) is 9.18. The smallest absolute Gasteiger partial charge is 0.407 e. The van der Waals surface area contributed by atoms with Gasteiger partial charge in [0.25, 0.3) is 0 Å². The molecule has 160 valence electrons. The molecule has 30 heavy (non-hydrogen) atoms. The molecule has 1 atom stereocenters. The summed E-state index contributed by atoms with van der Waals surface area (Å²) >= 11 is 0. The molecule has 7 heteroatoms. The average molecular weight is 412 g/mol. The minimum atomic E-state index is -0.971. The van der Waals surface area contributed by atoms with Gasteiger partial charge in [0, 0.05) is 46.1 Å². The average Bonchev–Trinajstić information content (AvgIpc) is 2.92. The fourth-order valence-electron chi connectivity index (χ4n) is 3.48. The number of carbonyl (C=O) groups is 2. The molecule has 0 saturated carbocycles. The van der Waals surface area contributed by atoms with Gasteiger partial charge in [-0.2, -0.15) is 0 Å². The summed E-state index contributed by atoms with van der Waals surface area (Å²) in [4.78, 5) is 29.1. The highest BCUT2D eigenvalue weighted by molar-refractivity contribution is 5.95. The second kappa shape index (κ2) is 10.1. The molecule has 1 aliphatic heterocycles. The molecule has 1 heterocycles. The number of anilines is 1. The van der Waals surface area contributed by atoms with Gasteiger partial charge in [-0.25, -0.2) is 4.79 Å². The minimum absolute atomic E-state index is 0.0808. The first-order valence-electron chi connectivity index (χ1n) is 10.2. The molecule has 1 unspecified atom stereocenters. The summed E-state index contributed by atoms with van der Waals surface area (Å²) in [6, 6.07) is 17.3. The van der Waals surface area contributed by atoms with Crippen LogP contribution >= 0.6 is 0 Å². The van der Waals surface area contributed by atoms with E-state index in [2.05, 4.69) is 4.90 Å². The van der Waals surface area contributed by atoms with Gasteiger partial charge in [-0.05, 0) is 24.7 Å². The first kappa shape index (κ1) is 21.6. The van der Waals surface area contributed by atoms with Crippen molar-refractivity contribution in [1.29, 1.82) is 0 Å². The van der Waals surface area contributed by atoms with Crippen molar-refractivity contribution in [2.45, 2.75) is 18.9 Å². The van der Waals surface area contributed by atoms with E-state index in [1.807, 2.05) is 61.6 Å². The third kappa shape index (κ3) is 5.51. The van der Waals surface area contributed by atoms with E-state index in [9.17, 15) is 14.7 Å². The Bertz CT molecular complexity index is 859. The van der Waals surface area contributed by atoms with E-state index in [1.165, 1.54) is 4.90 Å². The lowest BCUT2D eigenvalue weighted by Crippen LogP contribution is -2.33. The van der Waals surface area contributed by atoms with Crippen molar-refractivity contribution >= 4 is 17.7 Å². The number of nitrogens with zero attached hydrogens (tertiary/aromatic N) is 3. The Morgan fingerprint density at radius 3 is 2.53 bits per heavy atom. The predicted molar refractivity (Wildman–Crippen MR) is 116 cm³/mol. The number of amides is 2. The van der Waals surface area contributed by atoms with Crippen molar-refractivity contribution in [2.24, 2.45) is 0 Å². The Hall–Kier alpha value is -3.06. The number of carboxylic acid groups (broad SMARTS) is 1. The summed E-state index contributed by atoms with van der Waals surface area (Å²) in [6.45, 7) is 2.48. The standard InChI is InChI=1S/C23H29N3O4/c1-24-14-13-22(27)26(17-16-24)19-10-6-7-11-21(19)30-20(12-15-25(2)23(28)29)18-8-4-3-5-9-18/h3-11,20H,12-17H2,1-2H3,(H,28,29). The van der Waals surface area contributed by atoms with Crippen LogP contribution in [0.15, 0.2) is 54.6 Å². The number of hydrogen-bond donors (Lipinski definition) is 1. The van der Waals surface area contributed by atoms with Crippen LogP contribution in [0, 0.1) is 0 Å². The SMILES string of the molecule is CN1CCC(=O)N(c2ccccc2OC(CCN(C)C(=O)O)c2ccccc2)CC1. The largest absolute Gasteiger partial charge is 0.483 e. The second-order valence-corrected chi connectivity index (χ2v) is 7.58. The number of ether oxygens (including phenoxy) is 1. The molecule has 7 nitrogen and oxygen atoms in total. The molecule has 0 aromatic heterocycles. The Morgan fingerprint density at radius 2 is 1.80 bits per heavy atom. The quantitative estimate of drug-likeness (QED) is 0.755. The first-order chi connectivity index (χ1) is 14.5. The van der Waals surface area contributed by atoms with Crippen molar-refractivity contribution in [2.75, 3.05) is 45.2 Å². The Labute approximate surface area is 177 Å². The molecule has 0 bridgehead atoms. The van der Waals surface area contributed by atoms with Crippen LogP contribution in [0.25, 0.3) is 0 Å². The van der Waals surface area contributed by atoms with Gasteiger partial charge in [-0.3, -0.25) is 4.79 Å². The van der Waals surface area contributed by atoms with Crippen molar-refractivity contribution < 1.29 is 19.4 Å². The lowest BCUT2D eigenvalue weighted by molar-refractivity contribution is -0.118. The fraction of sp³-hybridized carbons (Fsp3) is 0.391. The maximum atomic E-state index is 12.7. The highest BCUT2D eigenvalue weighted by atomic mass is 16.5. The van der Waals surface area contributed by atoms with E-state index >= 15 is 0 Å². The van der Waals surface area contributed by atoms with Gasteiger partial charge in [0.2, 0.25) is 5.91 Å². The number of rotatable bonds is 7. The monoisotopic (exact) mass is 411 g/mol. The van der Waals surface area contributed by atoms with Crippen LogP contribution in [-0.4, -0.2) is 67.2 Å². The van der Waals surface area contributed by atoms with E-state index in [4.69, 9.17) is 4.74 Å². The van der Waals surface area contributed by atoms with Crippen LogP contribution in [0.1, 0.15) is 24.5 Å². The van der Waals surface area contributed by atoms with Crippen molar-refractivity contribution in [3.8, 4) is 5.75 Å². The van der Waals surface area contributed by atoms with Gasteiger partial charge >= 0.3 is 6.09 Å². The molecule has 1 N–H and O–H groups in total. The van der Waals surface area contributed by atoms with Crippen LogP contribution in [0.2, 0.25) is 0 Å². The van der Waals surface area contributed by atoms with Crippen LogP contribution in [0.5, 0.6) is 5.75 Å². The molecule has 2 aromatic rings. The number of hydrogen-bond acceptors (Lipinski definition) is 4. The van der Waals surface area contributed by atoms with Crippen molar-refractivity contribution in [1.82, 2.24) is 9.80 Å².